The summed E-state index contributed by atoms with van der Waals surface area (Å²) in [4.78, 5) is 12.4. The lowest BCUT2D eigenvalue weighted by Crippen LogP contribution is -2.39. The topological polar surface area (TPSA) is 38.3 Å². The minimum Gasteiger partial charge on any atom is -0.480 e. The zero-order valence-corrected chi connectivity index (χ0v) is 16.4. The fourth-order valence-electron chi connectivity index (χ4n) is 2.49. The number of hydrogen-bond acceptors (Lipinski definition) is 3. The summed E-state index contributed by atoms with van der Waals surface area (Å²) < 4.78 is 19.5. The maximum absolute atomic E-state index is 13.5. The van der Waals surface area contributed by atoms with E-state index in [1.54, 1.807) is 23.9 Å². The fourth-order valence-corrected chi connectivity index (χ4v) is 3.33. The van der Waals surface area contributed by atoms with Crippen LogP contribution in [0.4, 0.5) is 4.39 Å². The summed E-state index contributed by atoms with van der Waals surface area (Å²) in [5.41, 5.74) is 2.88. The van der Waals surface area contributed by atoms with Gasteiger partial charge in [-0.2, -0.15) is 11.8 Å². The second-order valence-corrected chi connectivity index (χ2v) is 7.25. The number of aryl methyl sites for hydroxylation is 1. The number of thioether (sulfide) groups is 1. The molecule has 0 radical (unpaired) electrons. The Bertz CT molecular complexity index is 736. The van der Waals surface area contributed by atoms with Crippen LogP contribution in [-0.2, 0) is 10.5 Å². The highest BCUT2D eigenvalue weighted by Gasteiger charge is 2.19. The van der Waals surface area contributed by atoms with E-state index in [9.17, 15) is 9.18 Å². The van der Waals surface area contributed by atoms with Gasteiger partial charge in [0.1, 0.15) is 11.6 Å². The van der Waals surface area contributed by atoms with Crippen LogP contribution in [0.1, 0.15) is 30.0 Å². The third-order valence-corrected chi connectivity index (χ3v) is 5.26. The Morgan fingerprint density at radius 3 is 2.69 bits per heavy atom. The molecular weight excluding hydrogens is 349 g/mol. The van der Waals surface area contributed by atoms with Crippen molar-refractivity contribution >= 4 is 17.7 Å². The van der Waals surface area contributed by atoms with Crippen LogP contribution in [0.2, 0.25) is 0 Å². The number of rotatable bonds is 9. The van der Waals surface area contributed by atoms with Gasteiger partial charge in [-0.25, -0.2) is 4.39 Å². The molecule has 0 aliphatic heterocycles. The van der Waals surface area contributed by atoms with Gasteiger partial charge in [0.2, 0.25) is 0 Å². The summed E-state index contributed by atoms with van der Waals surface area (Å²) in [7, 11) is 0. The molecular formula is C21H26FNO2S. The molecule has 0 aromatic heterocycles. The van der Waals surface area contributed by atoms with E-state index >= 15 is 0 Å². The molecule has 0 unspecified atom stereocenters. The number of nitrogens with one attached hydrogen (secondary N) is 1. The van der Waals surface area contributed by atoms with Gasteiger partial charge in [0.15, 0.2) is 6.10 Å². The second-order valence-electron chi connectivity index (χ2n) is 6.15. The molecule has 1 amide bonds. The largest absolute Gasteiger partial charge is 0.480 e. The number of hydrogen-bond donors (Lipinski definition) is 1. The summed E-state index contributed by atoms with van der Waals surface area (Å²) in [6.45, 7) is 6.48. The zero-order valence-electron chi connectivity index (χ0n) is 15.5. The van der Waals surface area contributed by atoms with Crippen molar-refractivity contribution in [3.8, 4) is 5.75 Å². The maximum atomic E-state index is 13.5. The third kappa shape index (κ3) is 5.77. The van der Waals surface area contributed by atoms with E-state index in [0.29, 0.717) is 24.3 Å². The average Bonchev–Trinajstić information content (AvgIpc) is 2.64. The van der Waals surface area contributed by atoms with Crippen LogP contribution in [-0.4, -0.2) is 24.3 Å². The number of benzene rings is 2. The van der Waals surface area contributed by atoms with E-state index in [-0.39, 0.29) is 11.7 Å². The van der Waals surface area contributed by atoms with Crippen molar-refractivity contribution in [2.45, 2.75) is 39.0 Å². The highest BCUT2D eigenvalue weighted by molar-refractivity contribution is 7.98. The molecule has 3 nitrogen and oxygen atoms in total. The Balaban J connectivity index is 1.76. The minimum absolute atomic E-state index is 0.111. The van der Waals surface area contributed by atoms with Gasteiger partial charge in [-0.05, 0) is 49.1 Å². The zero-order chi connectivity index (χ0) is 18.9. The Kier molecular flexibility index (Phi) is 7.98. The van der Waals surface area contributed by atoms with Crippen molar-refractivity contribution in [3.63, 3.8) is 0 Å². The summed E-state index contributed by atoms with van der Waals surface area (Å²) in [6, 6.07) is 12.6. The minimum atomic E-state index is -0.507. The normalized spacial score (nSPS) is 11.8. The number of ether oxygens (including phenoxy) is 1. The number of amides is 1. The Hall–Kier alpha value is -2.01. The molecule has 140 valence electrons. The summed E-state index contributed by atoms with van der Waals surface area (Å²) in [6.07, 6.45) is 0.0914. The van der Waals surface area contributed by atoms with E-state index in [4.69, 9.17) is 4.74 Å². The predicted molar refractivity (Wildman–Crippen MR) is 106 cm³/mol. The molecule has 0 spiro atoms. The van der Waals surface area contributed by atoms with E-state index in [1.807, 2.05) is 45.0 Å². The lowest BCUT2D eigenvalue weighted by Gasteiger charge is -2.19. The van der Waals surface area contributed by atoms with Crippen molar-refractivity contribution in [1.82, 2.24) is 5.32 Å². The van der Waals surface area contributed by atoms with Crippen molar-refractivity contribution < 1.29 is 13.9 Å². The summed E-state index contributed by atoms with van der Waals surface area (Å²) in [5.74, 6) is 1.77. The molecule has 2 rings (SSSR count). The van der Waals surface area contributed by atoms with Gasteiger partial charge in [0.25, 0.3) is 5.91 Å². The quantitative estimate of drug-likeness (QED) is 0.649. The molecule has 0 fully saturated rings. The average molecular weight is 376 g/mol. The van der Waals surface area contributed by atoms with Crippen molar-refractivity contribution in [1.29, 1.82) is 0 Å². The molecule has 2 aromatic rings. The van der Waals surface area contributed by atoms with E-state index in [2.05, 4.69) is 5.32 Å². The first-order chi connectivity index (χ1) is 12.5. The first-order valence-corrected chi connectivity index (χ1v) is 10.00. The Labute approximate surface area is 159 Å². The van der Waals surface area contributed by atoms with Gasteiger partial charge in [-0.1, -0.05) is 37.3 Å². The standard InChI is InChI=1S/C21H26FNO2S/c1-4-19(25-20-11-7-8-15(2)16(20)3)21(24)23-12-13-26-14-17-9-5-6-10-18(17)22/h5-11,19H,4,12-14H2,1-3H3,(H,23,24)/t19-/m0/s1. The third-order valence-electron chi connectivity index (χ3n) is 4.25. The lowest BCUT2D eigenvalue weighted by molar-refractivity contribution is -0.128. The lowest BCUT2D eigenvalue weighted by atomic mass is 10.1. The number of halogens is 1. The van der Waals surface area contributed by atoms with Crippen LogP contribution < -0.4 is 10.1 Å². The first-order valence-electron chi connectivity index (χ1n) is 8.84. The molecule has 0 aliphatic rings. The first kappa shape index (κ1) is 20.3. The van der Waals surface area contributed by atoms with Crippen LogP contribution in [0, 0.1) is 19.7 Å². The predicted octanol–water partition coefficient (Wildman–Crippen LogP) is 4.65. The molecule has 0 saturated heterocycles. The van der Waals surface area contributed by atoms with Crippen molar-refractivity contribution in [3.05, 3.63) is 65.0 Å². The molecule has 0 aliphatic carbocycles. The van der Waals surface area contributed by atoms with Gasteiger partial charge < -0.3 is 10.1 Å². The fraction of sp³-hybridized carbons (Fsp3) is 0.381. The Morgan fingerprint density at radius 2 is 1.96 bits per heavy atom. The maximum Gasteiger partial charge on any atom is 0.261 e. The molecule has 26 heavy (non-hydrogen) atoms. The smallest absolute Gasteiger partial charge is 0.261 e. The van der Waals surface area contributed by atoms with Gasteiger partial charge in [0, 0.05) is 18.1 Å². The monoisotopic (exact) mass is 375 g/mol. The van der Waals surface area contributed by atoms with Crippen LogP contribution in [0.3, 0.4) is 0 Å². The van der Waals surface area contributed by atoms with Crippen molar-refractivity contribution in [2.75, 3.05) is 12.3 Å². The molecule has 5 heteroatoms. The molecule has 0 bridgehead atoms. The molecule has 0 saturated carbocycles. The van der Waals surface area contributed by atoms with Gasteiger partial charge >= 0.3 is 0 Å². The van der Waals surface area contributed by atoms with Gasteiger partial charge in [-0.15, -0.1) is 0 Å². The van der Waals surface area contributed by atoms with Gasteiger partial charge in [-0.3, -0.25) is 4.79 Å². The SMILES string of the molecule is CC[C@H](Oc1cccc(C)c1C)C(=O)NCCSCc1ccccc1F. The van der Waals surface area contributed by atoms with Crippen LogP contribution in [0.5, 0.6) is 5.75 Å². The number of carbonyl (C=O) groups is 1. The van der Waals surface area contributed by atoms with E-state index in [0.717, 1.165) is 22.6 Å². The highest BCUT2D eigenvalue weighted by Crippen LogP contribution is 2.22. The van der Waals surface area contributed by atoms with E-state index < -0.39 is 6.10 Å². The van der Waals surface area contributed by atoms with Crippen molar-refractivity contribution in [2.24, 2.45) is 0 Å². The van der Waals surface area contributed by atoms with Gasteiger partial charge in [0.05, 0.1) is 0 Å². The molecule has 1 atom stereocenters. The van der Waals surface area contributed by atoms with Crippen LogP contribution >= 0.6 is 11.8 Å². The van der Waals surface area contributed by atoms with Crippen LogP contribution in [0.25, 0.3) is 0 Å². The molecule has 0 heterocycles. The molecule has 2 aromatic carbocycles. The molecule has 1 N–H and O–H groups in total. The number of carbonyl (C=O) groups excluding carboxylic acids is 1. The summed E-state index contributed by atoms with van der Waals surface area (Å²) in [5, 5.41) is 2.91. The van der Waals surface area contributed by atoms with Crippen LogP contribution in [0.15, 0.2) is 42.5 Å². The second kappa shape index (κ2) is 10.2. The highest BCUT2D eigenvalue weighted by atomic mass is 32.2. The Morgan fingerprint density at radius 1 is 1.19 bits per heavy atom. The van der Waals surface area contributed by atoms with E-state index in [1.165, 1.54) is 6.07 Å². The summed E-state index contributed by atoms with van der Waals surface area (Å²) >= 11 is 1.59.